The Morgan fingerprint density at radius 2 is 2.17 bits per heavy atom. The van der Waals surface area contributed by atoms with E-state index in [0.29, 0.717) is 5.25 Å². The average molecular weight is 261 g/mol. The van der Waals surface area contributed by atoms with Crippen LogP contribution in [0.3, 0.4) is 0 Å². The zero-order chi connectivity index (χ0) is 12.5. The van der Waals surface area contributed by atoms with Crippen molar-refractivity contribution in [3.05, 3.63) is 36.0 Å². The van der Waals surface area contributed by atoms with Crippen LogP contribution in [-0.2, 0) is 4.74 Å². The molecule has 0 saturated carbocycles. The predicted molar refractivity (Wildman–Crippen MR) is 69.2 cm³/mol. The summed E-state index contributed by atoms with van der Waals surface area (Å²) in [6, 6.07) is 9.25. The summed E-state index contributed by atoms with van der Waals surface area (Å²) in [6.07, 6.45) is 0. The van der Waals surface area contributed by atoms with Gasteiger partial charge in [-0.25, -0.2) is 9.78 Å². The molecule has 0 radical (unpaired) electrons. The Hall–Kier alpha value is -1.59. The van der Waals surface area contributed by atoms with Crippen LogP contribution in [0.5, 0.6) is 0 Å². The van der Waals surface area contributed by atoms with Crippen molar-refractivity contribution in [1.29, 1.82) is 0 Å². The molecule has 5 heteroatoms. The van der Waals surface area contributed by atoms with Crippen LogP contribution in [-0.4, -0.2) is 34.5 Å². The fourth-order valence-corrected chi connectivity index (χ4v) is 2.98. The molecule has 0 amide bonds. The van der Waals surface area contributed by atoms with Gasteiger partial charge < -0.3 is 9.84 Å². The molecule has 0 spiro atoms. The topological polar surface area (TPSA) is 59.4 Å². The van der Waals surface area contributed by atoms with Crippen molar-refractivity contribution in [2.24, 2.45) is 0 Å². The molecule has 0 bridgehead atoms. The van der Waals surface area contributed by atoms with E-state index in [1.54, 1.807) is 17.8 Å². The van der Waals surface area contributed by atoms with Crippen molar-refractivity contribution in [1.82, 2.24) is 4.98 Å². The summed E-state index contributed by atoms with van der Waals surface area (Å²) < 4.78 is 5.14. The van der Waals surface area contributed by atoms with Gasteiger partial charge in [0.05, 0.1) is 24.0 Å². The Balaban J connectivity index is 2.10. The van der Waals surface area contributed by atoms with Crippen LogP contribution in [0.15, 0.2) is 35.2 Å². The highest BCUT2D eigenvalue weighted by atomic mass is 32.2. The zero-order valence-corrected chi connectivity index (χ0v) is 10.3. The number of carboxylic acid groups (broad SMARTS) is 1. The Morgan fingerprint density at radius 1 is 1.39 bits per heavy atom. The number of rotatable bonds is 3. The number of hydrogen-bond acceptors (Lipinski definition) is 4. The number of para-hydroxylation sites is 1. The first-order chi connectivity index (χ1) is 8.74. The summed E-state index contributed by atoms with van der Waals surface area (Å²) in [7, 11) is 0. The van der Waals surface area contributed by atoms with Crippen LogP contribution in [0.2, 0.25) is 0 Å². The first-order valence-electron chi connectivity index (χ1n) is 5.61. The van der Waals surface area contributed by atoms with Gasteiger partial charge in [-0.15, -0.1) is 11.8 Å². The number of carbonyl (C=O) groups is 1. The molecule has 1 aliphatic heterocycles. The highest BCUT2D eigenvalue weighted by Crippen LogP contribution is 2.33. The summed E-state index contributed by atoms with van der Waals surface area (Å²) >= 11 is 1.66. The minimum Gasteiger partial charge on any atom is -0.477 e. The van der Waals surface area contributed by atoms with Crippen LogP contribution in [0, 0.1) is 0 Å². The van der Waals surface area contributed by atoms with Crippen LogP contribution in [0.25, 0.3) is 10.9 Å². The van der Waals surface area contributed by atoms with E-state index in [9.17, 15) is 4.79 Å². The number of nitrogens with zero attached hydrogens (tertiary/aromatic N) is 1. The lowest BCUT2D eigenvalue weighted by Crippen LogP contribution is -2.30. The van der Waals surface area contributed by atoms with E-state index in [0.717, 1.165) is 29.0 Å². The number of ether oxygens (including phenoxy) is 1. The van der Waals surface area contributed by atoms with E-state index in [4.69, 9.17) is 9.84 Å². The summed E-state index contributed by atoms with van der Waals surface area (Å²) in [6.45, 7) is 1.45. The van der Waals surface area contributed by atoms with Crippen molar-refractivity contribution in [3.63, 3.8) is 0 Å². The molecule has 0 atom stereocenters. The van der Waals surface area contributed by atoms with Crippen molar-refractivity contribution in [3.8, 4) is 0 Å². The van der Waals surface area contributed by atoms with Gasteiger partial charge in [-0.1, -0.05) is 18.2 Å². The maximum absolute atomic E-state index is 11.1. The number of carboxylic acids is 1. The van der Waals surface area contributed by atoms with Crippen molar-refractivity contribution in [2.75, 3.05) is 13.2 Å². The lowest BCUT2D eigenvalue weighted by molar-refractivity contribution is 0.0455. The van der Waals surface area contributed by atoms with E-state index in [-0.39, 0.29) is 5.69 Å². The van der Waals surface area contributed by atoms with Crippen LogP contribution < -0.4 is 0 Å². The largest absolute Gasteiger partial charge is 0.477 e. The monoisotopic (exact) mass is 261 g/mol. The molecule has 0 aliphatic carbocycles. The minimum absolute atomic E-state index is 0.0939. The highest BCUT2D eigenvalue weighted by molar-refractivity contribution is 8.00. The van der Waals surface area contributed by atoms with Crippen molar-refractivity contribution in [2.45, 2.75) is 10.1 Å². The first-order valence-corrected chi connectivity index (χ1v) is 6.49. The molecular weight excluding hydrogens is 250 g/mol. The number of thioether (sulfide) groups is 1. The number of pyridine rings is 1. The molecule has 92 valence electrons. The predicted octanol–water partition coefficient (Wildman–Crippen LogP) is 2.42. The zero-order valence-electron chi connectivity index (χ0n) is 9.50. The molecule has 3 rings (SSSR count). The number of aromatic carboxylic acids is 1. The van der Waals surface area contributed by atoms with Gasteiger partial charge >= 0.3 is 5.97 Å². The van der Waals surface area contributed by atoms with Crippen LogP contribution in [0.4, 0.5) is 0 Å². The molecule has 1 fully saturated rings. The Labute approximate surface area is 108 Å². The normalized spacial score (nSPS) is 15.6. The van der Waals surface area contributed by atoms with Gasteiger partial charge in [-0.2, -0.15) is 0 Å². The Bertz CT molecular complexity index is 610. The van der Waals surface area contributed by atoms with E-state index in [1.807, 2.05) is 24.3 Å². The molecule has 4 nitrogen and oxygen atoms in total. The Kier molecular flexibility index (Phi) is 2.93. The van der Waals surface area contributed by atoms with Gasteiger partial charge in [0.15, 0.2) is 0 Å². The second-order valence-electron chi connectivity index (χ2n) is 4.11. The van der Waals surface area contributed by atoms with Gasteiger partial charge in [-0.05, 0) is 12.1 Å². The third kappa shape index (κ3) is 2.07. The van der Waals surface area contributed by atoms with Gasteiger partial charge in [0.1, 0.15) is 5.69 Å². The van der Waals surface area contributed by atoms with Crippen LogP contribution >= 0.6 is 11.8 Å². The minimum atomic E-state index is -0.993. The Morgan fingerprint density at radius 3 is 2.83 bits per heavy atom. The van der Waals surface area contributed by atoms with Gasteiger partial charge in [0.25, 0.3) is 0 Å². The molecule has 1 saturated heterocycles. The van der Waals surface area contributed by atoms with Gasteiger partial charge in [0, 0.05) is 10.3 Å². The average Bonchev–Trinajstić information content (AvgIpc) is 2.33. The number of hydrogen-bond donors (Lipinski definition) is 1. The maximum atomic E-state index is 11.1. The summed E-state index contributed by atoms with van der Waals surface area (Å²) in [5.74, 6) is -0.993. The van der Waals surface area contributed by atoms with Crippen LogP contribution in [0.1, 0.15) is 10.5 Å². The van der Waals surface area contributed by atoms with E-state index in [2.05, 4.69) is 4.98 Å². The van der Waals surface area contributed by atoms with Crippen molar-refractivity contribution < 1.29 is 14.6 Å². The first kappa shape index (κ1) is 11.5. The van der Waals surface area contributed by atoms with Crippen molar-refractivity contribution >= 4 is 28.6 Å². The third-order valence-corrected chi connectivity index (χ3v) is 4.00. The summed E-state index contributed by atoms with van der Waals surface area (Å²) in [4.78, 5) is 16.2. The van der Waals surface area contributed by atoms with E-state index >= 15 is 0 Å². The number of aromatic nitrogens is 1. The number of fused-ring (bicyclic) bond motifs is 1. The fraction of sp³-hybridized carbons (Fsp3) is 0.231. The quantitative estimate of drug-likeness (QED) is 0.919. The maximum Gasteiger partial charge on any atom is 0.354 e. The number of benzene rings is 1. The molecule has 1 aromatic carbocycles. The second kappa shape index (κ2) is 4.59. The second-order valence-corrected chi connectivity index (χ2v) is 5.45. The lowest BCUT2D eigenvalue weighted by atomic mass is 10.2. The molecular formula is C13H11NO3S. The molecule has 18 heavy (non-hydrogen) atoms. The smallest absolute Gasteiger partial charge is 0.354 e. The molecule has 2 heterocycles. The standard InChI is InChI=1S/C13H11NO3S/c15-13(16)11-5-12(18-8-6-17-7-8)9-3-1-2-4-10(9)14-11/h1-5,8H,6-7H2,(H,15,16). The lowest BCUT2D eigenvalue weighted by Gasteiger charge is -2.25. The van der Waals surface area contributed by atoms with Gasteiger partial charge in [-0.3, -0.25) is 0 Å². The third-order valence-electron chi connectivity index (χ3n) is 2.80. The van der Waals surface area contributed by atoms with E-state index < -0.39 is 5.97 Å². The van der Waals surface area contributed by atoms with E-state index in [1.165, 1.54) is 0 Å². The molecule has 1 aliphatic rings. The summed E-state index contributed by atoms with van der Waals surface area (Å²) in [5, 5.41) is 10.5. The van der Waals surface area contributed by atoms with Gasteiger partial charge in [0.2, 0.25) is 0 Å². The molecule has 1 aromatic heterocycles. The summed E-state index contributed by atoms with van der Waals surface area (Å²) in [5.41, 5.74) is 0.816. The molecule has 0 unspecified atom stereocenters. The molecule has 1 N–H and O–H groups in total. The fourth-order valence-electron chi connectivity index (χ4n) is 1.81. The highest BCUT2D eigenvalue weighted by Gasteiger charge is 2.21. The SMILES string of the molecule is O=C(O)c1cc(SC2COC2)c2ccccc2n1. The molecule has 2 aromatic rings.